The number of hydrogen-bond acceptors (Lipinski definition) is 5. The first-order chi connectivity index (χ1) is 12.7. The van der Waals surface area contributed by atoms with Crippen LogP contribution in [0.2, 0.25) is 0 Å². The Hall–Kier alpha value is -1.90. The van der Waals surface area contributed by atoms with E-state index in [0.717, 1.165) is 68.6 Å². The van der Waals surface area contributed by atoms with Crippen LogP contribution in [0.1, 0.15) is 18.9 Å². The molecule has 3 N–H and O–H groups in total. The maximum atomic E-state index is 5.61. The Morgan fingerprint density at radius 3 is 2.73 bits per heavy atom. The third-order valence-electron chi connectivity index (χ3n) is 4.48. The van der Waals surface area contributed by atoms with Gasteiger partial charge in [-0.3, -0.25) is 5.43 Å². The van der Waals surface area contributed by atoms with E-state index >= 15 is 0 Å². The zero-order chi connectivity index (χ0) is 18.2. The van der Waals surface area contributed by atoms with Crippen LogP contribution < -0.4 is 25.1 Å². The minimum Gasteiger partial charge on any atom is -0.486 e. The van der Waals surface area contributed by atoms with Crippen molar-refractivity contribution in [2.24, 2.45) is 5.10 Å². The summed E-state index contributed by atoms with van der Waals surface area (Å²) in [5.74, 6) is 1.54. The zero-order valence-corrected chi connectivity index (χ0v) is 16.0. The van der Waals surface area contributed by atoms with E-state index in [2.05, 4.69) is 15.8 Å². The smallest absolute Gasteiger partial charge is 0.186 e. The van der Waals surface area contributed by atoms with Gasteiger partial charge in [0.05, 0.1) is 25.5 Å². The summed E-state index contributed by atoms with van der Waals surface area (Å²) in [6.45, 7) is 9.02. The van der Waals surface area contributed by atoms with E-state index in [1.165, 1.54) is 0 Å². The fourth-order valence-corrected chi connectivity index (χ4v) is 3.11. The molecule has 3 rings (SSSR count). The molecule has 1 aromatic rings. The lowest BCUT2D eigenvalue weighted by Crippen LogP contribution is -3.14. The lowest BCUT2D eigenvalue weighted by molar-refractivity contribution is -0.908. The third-order valence-corrected chi connectivity index (χ3v) is 4.71. The number of ether oxygens (including phenoxy) is 3. The van der Waals surface area contributed by atoms with Crippen LogP contribution >= 0.6 is 12.2 Å². The Morgan fingerprint density at radius 2 is 1.92 bits per heavy atom. The Morgan fingerprint density at radius 1 is 1.15 bits per heavy atom. The van der Waals surface area contributed by atoms with Crippen LogP contribution in [0.5, 0.6) is 11.5 Å². The van der Waals surface area contributed by atoms with E-state index in [0.29, 0.717) is 18.3 Å². The summed E-state index contributed by atoms with van der Waals surface area (Å²) in [5, 5.41) is 8.10. The molecule has 2 aliphatic heterocycles. The molecule has 0 atom stereocenters. The molecule has 8 heteroatoms. The van der Waals surface area contributed by atoms with Gasteiger partial charge in [0.15, 0.2) is 16.6 Å². The average molecular weight is 380 g/mol. The highest BCUT2D eigenvalue weighted by Gasteiger charge is 2.13. The highest BCUT2D eigenvalue weighted by molar-refractivity contribution is 7.80. The van der Waals surface area contributed by atoms with Crippen molar-refractivity contribution < 1.29 is 19.1 Å². The second-order valence-corrected chi connectivity index (χ2v) is 6.80. The summed E-state index contributed by atoms with van der Waals surface area (Å²) in [6, 6.07) is 5.82. The van der Waals surface area contributed by atoms with Crippen molar-refractivity contribution in [3.63, 3.8) is 0 Å². The molecular formula is C18H27N4O3S+. The van der Waals surface area contributed by atoms with Crippen molar-refractivity contribution in [1.29, 1.82) is 0 Å². The van der Waals surface area contributed by atoms with E-state index in [1.54, 1.807) is 4.90 Å². The maximum Gasteiger partial charge on any atom is 0.186 e. The molecule has 2 aliphatic rings. The first-order valence-electron chi connectivity index (χ1n) is 9.12. The molecule has 142 valence electrons. The Balaban J connectivity index is 1.39. The molecule has 0 bridgehead atoms. The van der Waals surface area contributed by atoms with Gasteiger partial charge < -0.3 is 24.4 Å². The fourth-order valence-electron chi connectivity index (χ4n) is 2.96. The van der Waals surface area contributed by atoms with E-state index < -0.39 is 0 Å². The van der Waals surface area contributed by atoms with E-state index in [9.17, 15) is 0 Å². The predicted molar refractivity (Wildman–Crippen MR) is 104 cm³/mol. The number of nitrogens with one attached hydrogen (secondary N) is 3. The Labute approximate surface area is 159 Å². The van der Waals surface area contributed by atoms with Gasteiger partial charge in [-0.15, -0.1) is 0 Å². The number of hydrogen-bond donors (Lipinski definition) is 3. The number of thiocarbonyl (C=S) groups is 1. The lowest BCUT2D eigenvalue weighted by atomic mass is 10.1. The van der Waals surface area contributed by atoms with Gasteiger partial charge in [-0.05, 0) is 37.3 Å². The number of fused-ring (bicyclic) bond motifs is 1. The topological polar surface area (TPSA) is 68.6 Å². The van der Waals surface area contributed by atoms with Crippen LogP contribution in [0.25, 0.3) is 0 Å². The number of rotatable bonds is 6. The van der Waals surface area contributed by atoms with Gasteiger partial charge in [-0.2, -0.15) is 5.10 Å². The Bertz CT molecular complexity index is 647. The normalized spacial score (nSPS) is 17.7. The highest BCUT2D eigenvalue weighted by Crippen LogP contribution is 2.30. The van der Waals surface area contributed by atoms with Crippen molar-refractivity contribution in [2.75, 3.05) is 52.6 Å². The summed E-state index contributed by atoms with van der Waals surface area (Å²) < 4.78 is 16.5. The predicted octanol–water partition coefficient (Wildman–Crippen LogP) is -0.0489. The van der Waals surface area contributed by atoms with Gasteiger partial charge in [0, 0.05) is 18.5 Å². The number of quaternary nitrogens is 1. The van der Waals surface area contributed by atoms with Gasteiger partial charge >= 0.3 is 0 Å². The van der Waals surface area contributed by atoms with Crippen molar-refractivity contribution in [1.82, 2.24) is 10.7 Å². The summed E-state index contributed by atoms with van der Waals surface area (Å²) in [6.07, 6.45) is 1.07. The quantitative estimate of drug-likeness (QED) is 0.279. The monoisotopic (exact) mass is 379 g/mol. The summed E-state index contributed by atoms with van der Waals surface area (Å²) in [5.41, 5.74) is 4.72. The molecule has 1 aromatic carbocycles. The molecule has 0 saturated carbocycles. The molecule has 0 aromatic heterocycles. The first kappa shape index (κ1) is 18.9. The molecule has 26 heavy (non-hydrogen) atoms. The number of hydrazone groups is 1. The van der Waals surface area contributed by atoms with E-state index in [1.807, 2.05) is 25.1 Å². The number of nitrogens with zero attached hydrogens (tertiary/aromatic N) is 1. The molecule has 0 amide bonds. The van der Waals surface area contributed by atoms with Crippen LogP contribution in [0.4, 0.5) is 0 Å². The standard InChI is InChI=1S/C18H26N4O3S/c1-14(15-3-4-16-17(13-15)25-12-11-24-16)20-21-18(26)19-5-2-6-22-7-9-23-10-8-22/h3-4,13H,2,5-12H2,1H3,(H2,19,21,26)/p+1/b20-14-. The molecule has 1 saturated heterocycles. The highest BCUT2D eigenvalue weighted by atomic mass is 32.1. The van der Waals surface area contributed by atoms with Crippen molar-refractivity contribution in [3.8, 4) is 11.5 Å². The molecule has 2 heterocycles. The summed E-state index contributed by atoms with van der Waals surface area (Å²) in [7, 11) is 0. The number of benzene rings is 1. The van der Waals surface area contributed by atoms with Crippen molar-refractivity contribution in [2.45, 2.75) is 13.3 Å². The second kappa shape index (κ2) is 9.70. The summed E-state index contributed by atoms with van der Waals surface area (Å²) in [4.78, 5) is 1.60. The van der Waals surface area contributed by atoms with Gasteiger partial charge in [0.1, 0.15) is 26.3 Å². The fraction of sp³-hybridized carbons (Fsp3) is 0.556. The van der Waals surface area contributed by atoms with Gasteiger partial charge in [0.2, 0.25) is 0 Å². The van der Waals surface area contributed by atoms with Crippen LogP contribution in [0.3, 0.4) is 0 Å². The van der Waals surface area contributed by atoms with Crippen LogP contribution in [0.15, 0.2) is 23.3 Å². The minimum absolute atomic E-state index is 0.541. The first-order valence-corrected chi connectivity index (χ1v) is 9.52. The molecule has 0 unspecified atom stereocenters. The molecule has 1 fully saturated rings. The van der Waals surface area contributed by atoms with Crippen molar-refractivity contribution >= 4 is 23.0 Å². The number of morpholine rings is 1. The van der Waals surface area contributed by atoms with Gasteiger partial charge in [-0.1, -0.05) is 0 Å². The van der Waals surface area contributed by atoms with Crippen LogP contribution in [-0.4, -0.2) is 63.4 Å². The van der Waals surface area contributed by atoms with E-state index in [4.69, 9.17) is 26.4 Å². The second-order valence-electron chi connectivity index (χ2n) is 6.39. The zero-order valence-electron chi connectivity index (χ0n) is 15.2. The molecule has 0 aliphatic carbocycles. The molecule has 7 nitrogen and oxygen atoms in total. The van der Waals surface area contributed by atoms with Gasteiger partial charge in [0.25, 0.3) is 0 Å². The van der Waals surface area contributed by atoms with Crippen molar-refractivity contribution in [3.05, 3.63) is 23.8 Å². The SMILES string of the molecule is C/C(=N/NC(=S)NCCC[NH+]1CCOCC1)c1ccc2c(c1)OCCO2. The lowest BCUT2D eigenvalue weighted by Gasteiger charge is -2.23. The third kappa shape index (κ3) is 5.55. The molecule has 0 radical (unpaired) electrons. The minimum atomic E-state index is 0.541. The largest absolute Gasteiger partial charge is 0.486 e. The molecular weight excluding hydrogens is 352 g/mol. The molecule has 0 spiro atoms. The van der Waals surface area contributed by atoms with Crippen LogP contribution in [-0.2, 0) is 4.74 Å². The summed E-state index contributed by atoms with van der Waals surface area (Å²) >= 11 is 5.29. The van der Waals surface area contributed by atoms with Crippen LogP contribution in [0, 0.1) is 0 Å². The average Bonchev–Trinajstić information content (AvgIpc) is 2.70. The van der Waals surface area contributed by atoms with Gasteiger partial charge in [-0.25, -0.2) is 0 Å². The van der Waals surface area contributed by atoms with E-state index in [-0.39, 0.29) is 0 Å². The maximum absolute atomic E-state index is 5.61. The Kier molecular flexibility index (Phi) is 7.04.